The molecule has 1 aliphatic carbocycles. The van der Waals surface area contributed by atoms with Gasteiger partial charge in [-0.15, -0.1) is 4.13 Å². The quantitative estimate of drug-likeness (QED) is 0.715. The molecule has 1 saturated carbocycles. The van der Waals surface area contributed by atoms with Crippen LogP contribution in [0.25, 0.3) is 0 Å². The smallest absolute Gasteiger partial charge is 0.211 e. The second-order valence-electron chi connectivity index (χ2n) is 5.53. The predicted octanol–water partition coefficient (Wildman–Crippen LogP) is 3.44. The summed E-state index contributed by atoms with van der Waals surface area (Å²) in [6, 6.07) is 3.72. The summed E-state index contributed by atoms with van der Waals surface area (Å²) in [5.41, 5.74) is -2.40. The average Bonchev–Trinajstić information content (AvgIpc) is 2.34. The second-order valence-corrected chi connectivity index (χ2v) is 10.4. The van der Waals surface area contributed by atoms with Crippen LogP contribution in [0.15, 0.2) is 27.6 Å². The highest BCUT2D eigenvalue weighted by atomic mass is 79.9. The molecule has 0 amide bonds. The molecule has 24 heavy (non-hydrogen) atoms. The van der Waals surface area contributed by atoms with Crippen molar-refractivity contribution in [3.8, 4) is 0 Å². The van der Waals surface area contributed by atoms with E-state index in [1.165, 1.54) is 16.3 Å². The molecule has 0 bridgehead atoms. The molecule has 1 aromatic rings. The molecule has 0 saturated heterocycles. The second kappa shape index (κ2) is 6.42. The molecule has 0 radical (unpaired) electrons. The standard InChI is InChI=1S/C12H12BrClF3NO4S2/c13-10-8(14)3-1-4-9(10)24(21,22)18-23(19,20)7-11(5-2-6-11)12(15,16)17/h1,3-4,18H,2,5-7H2. The Bertz CT molecular complexity index is 852. The Labute approximate surface area is 150 Å². The molecule has 1 aliphatic rings. The van der Waals surface area contributed by atoms with Crippen LogP contribution in [0.5, 0.6) is 0 Å². The summed E-state index contributed by atoms with van der Waals surface area (Å²) < 4.78 is 89.0. The van der Waals surface area contributed by atoms with Crippen molar-refractivity contribution in [2.45, 2.75) is 30.3 Å². The molecule has 0 unspecified atom stereocenters. The first kappa shape index (κ1) is 20.0. The van der Waals surface area contributed by atoms with Gasteiger partial charge in [-0.2, -0.15) is 13.2 Å². The zero-order chi connectivity index (χ0) is 18.4. The number of alkyl halides is 3. The molecule has 0 spiro atoms. The summed E-state index contributed by atoms with van der Waals surface area (Å²) in [4.78, 5) is -0.478. The van der Waals surface area contributed by atoms with E-state index in [-0.39, 0.29) is 28.8 Å². The van der Waals surface area contributed by atoms with Crippen LogP contribution < -0.4 is 4.13 Å². The van der Waals surface area contributed by atoms with Crippen molar-refractivity contribution in [2.24, 2.45) is 5.41 Å². The van der Waals surface area contributed by atoms with Crippen molar-refractivity contribution in [3.05, 3.63) is 27.7 Å². The van der Waals surface area contributed by atoms with Crippen LogP contribution in [0.3, 0.4) is 0 Å². The highest BCUT2D eigenvalue weighted by molar-refractivity contribution is 9.10. The van der Waals surface area contributed by atoms with Crippen LogP contribution in [0.4, 0.5) is 13.2 Å². The Hall–Kier alpha value is -0.360. The summed E-state index contributed by atoms with van der Waals surface area (Å²) in [5, 5.41) is 0.0148. The molecule has 2 rings (SSSR count). The van der Waals surface area contributed by atoms with Gasteiger partial charge in [0.15, 0.2) is 0 Å². The number of sulfonamides is 2. The summed E-state index contributed by atoms with van der Waals surface area (Å²) in [5.74, 6) is -1.33. The zero-order valence-electron chi connectivity index (χ0n) is 11.9. The maximum atomic E-state index is 13.1. The lowest BCUT2D eigenvalue weighted by molar-refractivity contribution is -0.241. The third kappa shape index (κ3) is 3.90. The van der Waals surface area contributed by atoms with Crippen molar-refractivity contribution < 1.29 is 30.0 Å². The van der Waals surface area contributed by atoms with Gasteiger partial charge >= 0.3 is 6.18 Å². The van der Waals surface area contributed by atoms with Gasteiger partial charge < -0.3 is 0 Å². The fraction of sp³-hybridized carbons (Fsp3) is 0.500. The third-order valence-electron chi connectivity index (χ3n) is 3.82. The Kier molecular flexibility index (Phi) is 5.34. The SMILES string of the molecule is O=S(=O)(CC1(C(F)(F)F)CCC1)NS(=O)(=O)c1cccc(Cl)c1Br. The Morgan fingerprint density at radius 1 is 1.21 bits per heavy atom. The van der Waals surface area contributed by atoms with E-state index in [9.17, 15) is 30.0 Å². The molecule has 136 valence electrons. The molecule has 12 heteroatoms. The first-order chi connectivity index (χ1) is 10.8. The number of rotatable bonds is 5. The van der Waals surface area contributed by atoms with Gasteiger partial charge in [0.25, 0.3) is 10.0 Å². The Morgan fingerprint density at radius 2 is 1.79 bits per heavy atom. The minimum Gasteiger partial charge on any atom is -0.211 e. The molecule has 5 nitrogen and oxygen atoms in total. The van der Waals surface area contributed by atoms with Crippen LogP contribution in [0, 0.1) is 5.41 Å². The van der Waals surface area contributed by atoms with Crippen LogP contribution >= 0.6 is 27.5 Å². The highest BCUT2D eigenvalue weighted by Gasteiger charge is 2.60. The number of hydrogen-bond donors (Lipinski definition) is 1. The van der Waals surface area contributed by atoms with E-state index in [2.05, 4.69) is 15.9 Å². The lowest BCUT2D eigenvalue weighted by Gasteiger charge is -2.42. The highest BCUT2D eigenvalue weighted by Crippen LogP contribution is 2.53. The first-order valence-corrected chi connectivity index (χ1v) is 10.9. The monoisotopic (exact) mass is 469 g/mol. The Balaban J connectivity index is 2.30. The van der Waals surface area contributed by atoms with Crippen molar-refractivity contribution >= 4 is 47.6 Å². The van der Waals surface area contributed by atoms with Crippen molar-refractivity contribution in [1.82, 2.24) is 4.13 Å². The first-order valence-electron chi connectivity index (χ1n) is 6.57. The molecular weight excluding hydrogens is 459 g/mol. The van der Waals surface area contributed by atoms with Crippen molar-refractivity contribution in [3.63, 3.8) is 0 Å². The average molecular weight is 471 g/mol. The summed E-state index contributed by atoms with van der Waals surface area (Å²) >= 11 is 8.67. The fourth-order valence-corrected chi connectivity index (χ4v) is 7.26. The molecule has 0 aromatic heterocycles. The van der Waals surface area contributed by atoms with Crippen molar-refractivity contribution in [1.29, 1.82) is 0 Å². The molecule has 0 atom stereocenters. The van der Waals surface area contributed by atoms with Gasteiger partial charge in [-0.1, -0.05) is 24.1 Å². The van der Waals surface area contributed by atoms with Gasteiger partial charge in [-0.3, -0.25) is 0 Å². The van der Waals surface area contributed by atoms with E-state index >= 15 is 0 Å². The van der Waals surface area contributed by atoms with Crippen LogP contribution in [0.1, 0.15) is 19.3 Å². The molecule has 0 heterocycles. The molecule has 1 N–H and O–H groups in total. The van der Waals surface area contributed by atoms with Crippen molar-refractivity contribution in [2.75, 3.05) is 5.75 Å². The fourth-order valence-electron chi connectivity index (χ4n) is 2.41. The lowest BCUT2D eigenvalue weighted by Crippen LogP contribution is -2.51. The van der Waals surface area contributed by atoms with E-state index in [0.29, 0.717) is 0 Å². The van der Waals surface area contributed by atoms with E-state index in [1.54, 1.807) is 0 Å². The minimum absolute atomic E-state index is 0.0148. The molecule has 1 aromatic carbocycles. The van der Waals surface area contributed by atoms with Gasteiger partial charge in [-0.25, -0.2) is 16.8 Å². The number of hydrogen-bond acceptors (Lipinski definition) is 4. The maximum absolute atomic E-state index is 13.1. The van der Waals surface area contributed by atoms with Crippen LogP contribution in [-0.4, -0.2) is 28.8 Å². The van der Waals surface area contributed by atoms with Crippen LogP contribution in [-0.2, 0) is 20.0 Å². The van der Waals surface area contributed by atoms with E-state index in [4.69, 9.17) is 11.6 Å². The Morgan fingerprint density at radius 3 is 2.25 bits per heavy atom. The van der Waals surface area contributed by atoms with Crippen LogP contribution in [0.2, 0.25) is 5.02 Å². The number of nitrogens with one attached hydrogen (secondary N) is 1. The summed E-state index contributed by atoms with van der Waals surface area (Å²) in [6.45, 7) is 0. The molecule has 1 fully saturated rings. The van der Waals surface area contributed by atoms with E-state index < -0.39 is 42.3 Å². The van der Waals surface area contributed by atoms with Gasteiger partial charge in [0.05, 0.1) is 25.6 Å². The topological polar surface area (TPSA) is 80.3 Å². The van der Waals surface area contributed by atoms with Gasteiger partial charge in [-0.05, 0) is 40.9 Å². The zero-order valence-corrected chi connectivity index (χ0v) is 15.9. The van der Waals surface area contributed by atoms with E-state index in [0.717, 1.165) is 6.07 Å². The normalized spacial score (nSPS) is 18.2. The molecular formula is C12H12BrClF3NO4S2. The predicted molar refractivity (Wildman–Crippen MR) is 85.6 cm³/mol. The summed E-state index contributed by atoms with van der Waals surface area (Å²) in [7, 11) is -9.35. The minimum atomic E-state index is -4.74. The van der Waals surface area contributed by atoms with Gasteiger partial charge in [0.1, 0.15) is 0 Å². The molecule has 0 aliphatic heterocycles. The largest absolute Gasteiger partial charge is 0.395 e. The van der Waals surface area contributed by atoms with Gasteiger partial charge in [0.2, 0.25) is 10.0 Å². The summed E-state index contributed by atoms with van der Waals surface area (Å²) in [6.07, 6.45) is -5.18. The maximum Gasteiger partial charge on any atom is 0.395 e. The number of benzene rings is 1. The third-order valence-corrected chi connectivity index (χ3v) is 9.23. The van der Waals surface area contributed by atoms with E-state index in [1.807, 2.05) is 0 Å². The number of halogens is 5. The lowest BCUT2D eigenvalue weighted by atomic mass is 9.70. The van der Waals surface area contributed by atoms with Gasteiger partial charge in [0, 0.05) is 0 Å².